The highest BCUT2D eigenvalue weighted by Gasteiger charge is 2.32. The number of hydrogen-bond donors (Lipinski definition) is 0. The first-order valence-corrected chi connectivity index (χ1v) is 8.24. The fraction of sp³-hybridized carbons (Fsp3) is 0.353. The monoisotopic (exact) mass is 319 g/mol. The maximum absolute atomic E-state index is 4.57. The molecule has 2 aliphatic rings. The van der Waals surface area contributed by atoms with Gasteiger partial charge in [0.2, 0.25) is 0 Å². The molecule has 24 heavy (non-hydrogen) atoms. The Morgan fingerprint density at radius 1 is 0.917 bits per heavy atom. The number of nitrogens with zero attached hydrogens (tertiary/aromatic N) is 7. The zero-order valence-corrected chi connectivity index (χ0v) is 13.2. The van der Waals surface area contributed by atoms with E-state index >= 15 is 0 Å². The van der Waals surface area contributed by atoms with E-state index in [1.165, 1.54) is 18.4 Å². The van der Waals surface area contributed by atoms with Crippen LogP contribution in [0.5, 0.6) is 0 Å². The SMILES string of the molecule is c1cn(-c2cc(N3CC(c4ncc(C5CC5)cn4)C3)ncn2)cn1. The minimum atomic E-state index is 0.380. The summed E-state index contributed by atoms with van der Waals surface area (Å²) in [4.78, 5) is 24.1. The zero-order chi connectivity index (χ0) is 15.9. The van der Waals surface area contributed by atoms with E-state index in [1.807, 2.05) is 29.2 Å². The van der Waals surface area contributed by atoms with Crippen LogP contribution in [0.25, 0.3) is 5.82 Å². The molecule has 5 rings (SSSR count). The van der Waals surface area contributed by atoms with Crippen molar-refractivity contribution in [3.63, 3.8) is 0 Å². The van der Waals surface area contributed by atoms with E-state index in [1.54, 1.807) is 18.9 Å². The van der Waals surface area contributed by atoms with Gasteiger partial charge in [-0.25, -0.2) is 24.9 Å². The molecule has 7 heteroatoms. The van der Waals surface area contributed by atoms with Gasteiger partial charge in [-0.3, -0.25) is 4.57 Å². The second kappa shape index (κ2) is 5.36. The van der Waals surface area contributed by atoms with Crippen molar-refractivity contribution in [1.29, 1.82) is 0 Å². The molecule has 120 valence electrons. The molecule has 0 N–H and O–H groups in total. The normalized spacial score (nSPS) is 17.8. The van der Waals surface area contributed by atoms with E-state index in [0.29, 0.717) is 11.8 Å². The van der Waals surface area contributed by atoms with Crippen molar-refractivity contribution in [2.45, 2.75) is 24.7 Å². The molecule has 1 aliphatic heterocycles. The summed E-state index contributed by atoms with van der Waals surface area (Å²) in [5.74, 6) is 3.79. The van der Waals surface area contributed by atoms with E-state index in [0.717, 1.165) is 30.5 Å². The summed E-state index contributed by atoms with van der Waals surface area (Å²) in [6, 6.07) is 1.98. The Bertz CT molecular complexity index is 834. The van der Waals surface area contributed by atoms with E-state index in [2.05, 4.69) is 29.8 Å². The third-order valence-electron chi connectivity index (χ3n) is 4.72. The van der Waals surface area contributed by atoms with Crippen LogP contribution in [0.1, 0.15) is 36.1 Å². The maximum atomic E-state index is 4.57. The van der Waals surface area contributed by atoms with Gasteiger partial charge in [-0.2, -0.15) is 0 Å². The molecular formula is C17H17N7. The van der Waals surface area contributed by atoms with Gasteiger partial charge in [0.25, 0.3) is 0 Å². The molecule has 0 amide bonds. The van der Waals surface area contributed by atoms with Crippen LogP contribution in [-0.2, 0) is 0 Å². The van der Waals surface area contributed by atoms with Crippen LogP contribution < -0.4 is 4.90 Å². The van der Waals surface area contributed by atoms with Crippen molar-refractivity contribution in [3.05, 3.63) is 54.9 Å². The van der Waals surface area contributed by atoms with E-state index in [-0.39, 0.29) is 0 Å². The Labute approximate surface area is 139 Å². The minimum absolute atomic E-state index is 0.380. The molecular weight excluding hydrogens is 302 g/mol. The van der Waals surface area contributed by atoms with Gasteiger partial charge in [0.1, 0.15) is 30.1 Å². The van der Waals surface area contributed by atoms with E-state index in [4.69, 9.17) is 0 Å². The van der Waals surface area contributed by atoms with Gasteiger partial charge in [0.15, 0.2) is 0 Å². The van der Waals surface area contributed by atoms with Gasteiger partial charge < -0.3 is 4.90 Å². The number of aromatic nitrogens is 6. The maximum Gasteiger partial charge on any atom is 0.143 e. The van der Waals surface area contributed by atoms with Gasteiger partial charge in [-0.05, 0) is 24.3 Å². The first kappa shape index (κ1) is 13.6. The third-order valence-corrected chi connectivity index (χ3v) is 4.72. The number of hydrogen-bond acceptors (Lipinski definition) is 6. The fourth-order valence-corrected chi connectivity index (χ4v) is 3.06. The Morgan fingerprint density at radius 3 is 2.42 bits per heavy atom. The predicted octanol–water partition coefficient (Wildman–Crippen LogP) is 1.93. The van der Waals surface area contributed by atoms with Crippen LogP contribution >= 0.6 is 0 Å². The van der Waals surface area contributed by atoms with E-state index in [9.17, 15) is 0 Å². The van der Waals surface area contributed by atoms with Gasteiger partial charge >= 0.3 is 0 Å². The van der Waals surface area contributed by atoms with Crippen LogP contribution in [0.3, 0.4) is 0 Å². The average molecular weight is 319 g/mol. The van der Waals surface area contributed by atoms with Crippen LogP contribution in [0.15, 0.2) is 43.5 Å². The fourth-order valence-electron chi connectivity index (χ4n) is 3.06. The van der Waals surface area contributed by atoms with Crippen molar-refractivity contribution in [1.82, 2.24) is 29.5 Å². The second-order valence-electron chi connectivity index (χ2n) is 6.46. The predicted molar refractivity (Wildman–Crippen MR) is 88.1 cm³/mol. The Hall–Kier alpha value is -2.83. The molecule has 1 saturated carbocycles. The number of anilines is 1. The van der Waals surface area contributed by atoms with Crippen molar-refractivity contribution in [2.75, 3.05) is 18.0 Å². The summed E-state index contributed by atoms with van der Waals surface area (Å²) in [6.45, 7) is 1.78. The highest BCUT2D eigenvalue weighted by Crippen LogP contribution is 2.39. The van der Waals surface area contributed by atoms with Crippen molar-refractivity contribution < 1.29 is 0 Å². The van der Waals surface area contributed by atoms with Crippen molar-refractivity contribution >= 4 is 5.82 Å². The first-order valence-electron chi connectivity index (χ1n) is 8.24. The highest BCUT2D eigenvalue weighted by atomic mass is 15.3. The van der Waals surface area contributed by atoms with Crippen LogP contribution in [0.4, 0.5) is 5.82 Å². The molecule has 0 bridgehead atoms. The summed E-state index contributed by atoms with van der Waals surface area (Å²) in [5.41, 5.74) is 1.29. The summed E-state index contributed by atoms with van der Waals surface area (Å²) in [5, 5.41) is 0. The molecule has 3 aromatic rings. The van der Waals surface area contributed by atoms with Gasteiger partial charge in [-0.15, -0.1) is 0 Å². The van der Waals surface area contributed by atoms with Crippen molar-refractivity contribution in [2.24, 2.45) is 0 Å². The van der Waals surface area contributed by atoms with Gasteiger partial charge in [0, 0.05) is 43.9 Å². The summed E-state index contributed by atoms with van der Waals surface area (Å²) >= 11 is 0. The smallest absolute Gasteiger partial charge is 0.143 e. The lowest BCUT2D eigenvalue weighted by Crippen LogP contribution is -2.46. The van der Waals surface area contributed by atoms with E-state index < -0.39 is 0 Å². The van der Waals surface area contributed by atoms with Crippen molar-refractivity contribution in [3.8, 4) is 5.82 Å². The Balaban J connectivity index is 1.28. The average Bonchev–Trinajstić information content (AvgIpc) is 3.29. The molecule has 0 atom stereocenters. The molecule has 0 radical (unpaired) electrons. The lowest BCUT2D eigenvalue weighted by Gasteiger charge is -2.39. The van der Waals surface area contributed by atoms with Gasteiger partial charge in [-0.1, -0.05) is 0 Å². The molecule has 1 saturated heterocycles. The summed E-state index contributed by atoms with van der Waals surface area (Å²) < 4.78 is 1.88. The van der Waals surface area contributed by atoms with Crippen LogP contribution in [-0.4, -0.2) is 42.6 Å². The molecule has 0 spiro atoms. The number of rotatable bonds is 4. The second-order valence-corrected chi connectivity index (χ2v) is 6.46. The molecule has 0 unspecified atom stereocenters. The summed E-state index contributed by atoms with van der Waals surface area (Å²) in [7, 11) is 0. The topological polar surface area (TPSA) is 72.6 Å². The third kappa shape index (κ3) is 2.42. The lowest BCUT2D eigenvalue weighted by molar-refractivity contribution is 0.495. The summed E-state index contributed by atoms with van der Waals surface area (Å²) in [6.07, 6.45) is 13.5. The Kier molecular flexibility index (Phi) is 3.04. The lowest BCUT2D eigenvalue weighted by atomic mass is 9.99. The highest BCUT2D eigenvalue weighted by molar-refractivity contribution is 5.47. The Morgan fingerprint density at radius 2 is 1.71 bits per heavy atom. The molecule has 0 aromatic carbocycles. The van der Waals surface area contributed by atoms with Crippen LogP contribution in [0.2, 0.25) is 0 Å². The molecule has 1 aliphatic carbocycles. The standard InChI is InChI=1S/C17H17N7/c1-2-12(1)13-6-19-17(20-7-13)14-8-24(9-14)16-5-15(21-10-22-16)23-4-3-18-11-23/h3-7,10-12,14H,1-2,8-9H2. The number of imidazole rings is 1. The molecule has 2 fully saturated rings. The quantitative estimate of drug-likeness (QED) is 0.732. The van der Waals surface area contributed by atoms with Gasteiger partial charge in [0.05, 0.1) is 5.92 Å². The molecule has 4 heterocycles. The van der Waals surface area contributed by atoms with Crippen LogP contribution in [0, 0.1) is 0 Å². The zero-order valence-electron chi connectivity index (χ0n) is 13.2. The largest absolute Gasteiger partial charge is 0.355 e. The molecule has 7 nitrogen and oxygen atoms in total. The molecule has 3 aromatic heterocycles. The minimum Gasteiger partial charge on any atom is -0.355 e. The first-order chi connectivity index (χ1) is 11.9.